The molecule has 0 atom stereocenters. The van der Waals surface area contributed by atoms with E-state index in [9.17, 15) is 4.79 Å². The van der Waals surface area contributed by atoms with E-state index in [2.05, 4.69) is 19.6 Å². The highest BCUT2D eigenvalue weighted by Gasteiger charge is 2.34. The van der Waals surface area contributed by atoms with Crippen molar-refractivity contribution in [1.82, 2.24) is 0 Å². The first-order valence-corrected chi connectivity index (χ1v) is 6.43. The van der Waals surface area contributed by atoms with Gasteiger partial charge in [-0.15, -0.1) is 0 Å². The molecule has 0 aromatic carbocycles. The van der Waals surface area contributed by atoms with Gasteiger partial charge in [-0.05, 0) is 39.7 Å². The summed E-state index contributed by atoms with van der Waals surface area (Å²) in [6, 6.07) is 0. The van der Waals surface area contributed by atoms with Gasteiger partial charge in [0.1, 0.15) is 5.78 Å². The van der Waals surface area contributed by atoms with Crippen LogP contribution in [0.4, 0.5) is 0 Å². The number of rotatable bonds is 2. The summed E-state index contributed by atoms with van der Waals surface area (Å²) in [5, 5.41) is 0. The second kappa shape index (κ2) is 6.58. The Labute approximate surface area is 106 Å². The number of ketones is 1. The van der Waals surface area contributed by atoms with Gasteiger partial charge in [-0.3, -0.25) is 4.79 Å². The number of hydrogen-bond donors (Lipinski definition) is 0. The Balaban J connectivity index is 0.00000121. The summed E-state index contributed by atoms with van der Waals surface area (Å²) >= 11 is 0. The van der Waals surface area contributed by atoms with E-state index in [0.717, 1.165) is 12.0 Å². The minimum atomic E-state index is -0.325. The van der Waals surface area contributed by atoms with Gasteiger partial charge in [-0.25, -0.2) is 0 Å². The predicted molar refractivity (Wildman–Crippen MR) is 76.0 cm³/mol. The van der Waals surface area contributed by atoms with Crippen LogP contribution in [0.5, 0.6) is 0 Å². The largest absolute Gasteiger partial charge is 0.299 e. The predicted octanol–water partition coefficient (Wildman–Crippen LogP) is 4.85. The molecule has 1 aliphatic rings. The van der Waals surface area contributed by atoms with Crippen LogP contribution in [0.25, 0.3) is 0 Å². The highest BCUT2D eigenvalue weighted by molar-refractivity contribution is 5.89. The van der Waals surface area contributed by atoms with Gasteiger partial charge in [-0.2, -0.15) is 0 Å². The van der Waals surface area contributed by atoms with Gasteiger partial charge in [0, 0.05) is 11.8 Å². The van der Waals surface area contributed by atoms with E-state index in [0.29, 0.717) is 12.2 Å². The lowest BCUT2D eigenvalue weighted by molar-refractivity contribution is -0.125. The second-order valence-corrected chi connectivity index (χ2v) is 4.92. The van der Waals surface area contributed by atoms with Crippen molar-refractivity contribution in [2.45, 2.75) is 54.4 Å². The minimum absolute atomic E-state index is 0.325. The Morgan fingerprint density at radius 1 is 1.29 bits per heavy atom. The number of Topliss-reactive ketones (excluding diaryl/α,β-unsaturated/α-hetero) is 1. The summed E-state index contributed by atoms with van der Waals surface area (Å²) in [5.41, 5.74) is 3.19. The molecule has 0 unspecified atom stereocenters. The SMILES string of the molecule is C=C(C)/C=C/C1=C(C)CCC(=O)C1(C)C.CC. The van der Waals surface area contributed by atoms with Crippen LogP contribution in [0.15, 0.2) is 35.5 Å². The van der Waals surface area contributed by atoms with Crippen LogP contribution < -0.4 is 0 Å². The quantitative estimate of drug-likeness (QED) is 0.624. The minimum Gasteiger partial charge on any atom is -0.299 e. The van der Waals surface area contributed by atoms with Crippen molar-refractivity contribution in [2.24, 2.45) is 5.41 Å². The number of hydrogen-bond acceptors (Lipinski definition) is 1. The Morgan fingerprint density at radius 3 is 2.29 bits per heavy atom. The van der Waals surface area contributed by atoms with Crippen molar-refractivity contribution in [1.29, 1.82) is 0 Å². The molecule has 0 aromatic rings. The lowest BCUT2D eigenvalue weighted by Crippen LogP contribution is -2.30. The summed E-state index contributed by atoms with van der Waals surface area (Å²) in [7, 11) is 0. The highest BCUT2D eigenvalue weighted by atomic mass is 16.1. The zero-order chi connectivity index (χ0) is 13.6. The van der Waals surface area contributed by atoms with Crippen LogP contribution in [0, 0.1) is 5.41 Å². The van der Waals surface area contributed by atoms with Gasteiger partial charge in [0.25, 0.3) is 0 Å². The average Bonchev–Trinajstić information content (AvgIpc) is 2.26. The van der Waals surface area contributed by atoms with Crippen LogP contribution in [-0.2, 0) is 4.79 Å². The molecule has 1 nitrogen and oxygen atoms in total. The van der Waals surface area contributed by atoms with Crippen LogP contribution >= 0.6 is 0 Å². The number of carbonyl (C=O) groups is 1. The first-order chi connectivity index (χ1) is 7.85. The smallest absolute Gasteiger partial charge is 0.143 e. The summed E-state index contributed by atoms with van der Waals surface area (Å²) in [5.74, 6) is 0.342. The third kappa shape index (κ3) is 3.99. The standard InChI is InChI=1S/C14H20O.C2H6/c1-10(2)6-8-12-11(3)7-9-13(15)14(12,4)5;1-2/h6,8H,1,7,9H2,2-5H3;1-2H3/b8-6+;. The van der Waals surface area contributed by atoms with E-state index < -0.39 is 0 Å². The monoisotopic (exact) mass is 234 g/mol. The molecule has 0 radical (unpaired) electrons. The molecule has 0 bridgehead atoms. The van der Waals surface area contributed by atoms with E-state index in [-0.39, 0.29) is 5.41 Å². The van der Waals surface area contributed by atoms with Crippen molar-refractivity contribution in [3.63, 3.8) is 0 Å². The first kappa shape index (κ1) is 15.9. The van der Waals surface area contributed by atoms with Gasteiger partial charge in [0.2, 0.25) is 0 Å². The maximum Gasteiger partial charge on any atom is 0.143 e. The molecule has 0 amide bonds. The Kier molecular flexibility index (Phi) is 6.15. The molecule has 1 aliphatic carbocycles. The maximum atomic E-state index is 11.8. The molecule has 0 aromatic heterocycles. The summed E-state index contributed by atoms with van der Waals surface area (Å²) < 4.78 is 0. The zero-order valence-corrected chi connectivity index (χ0v) is 12.2. The van der Waals surface area contributed by atoms with Gasteiger partial charge >= 0.3 is 0 Å². The molecule has 17 heavy (non-hydrogen) atoms. The van der Waals surface area contributed by atoms with Crippen molar-refractivity contribution in [3.8, 4) is 0 Å². The molecule has 0 aliphatic heterocycles. The van der Waals surface area contributed by atoms with Crippen LogP contribution in [0.3, 0.4) is 0 Å². The lowest BCUT2D eigenvalue weighted by Gasteiger charge is -2.31. The van der Waals surface area contributed by atoms with Gasteiger partial charge < -0.3 is 0 Å². The van der Waals surface area contributed by atoms with E-state index in [1.165, 1.54) is 11.1 Å². The number of carbonyl (C=O) groups excluding carboxylic acids is 1. The molecular formula is C16H26O. The Hall–Kier alpha value is -1.11. The topological polar surface area (TPSA) is 17.1 Å². The van der Waals surface area contributed by atoms with Gasteiger partial charge in [0.15, 0.2) is 0 Å². The van der Waals surface area contributed by atoms with E-state index >= 15 is 0 Å². The van der Waals surface area contributed by atoms with Gasteiger partial charge in [-0.1, -0.05) is 43.7 Å². The first-order valence-electron chi connectivity index (χ1n) is 6.43. The number of allylic oxidation sites excluding steroid dienone is 5. The van der Waals surface area contributed by atoms with Crippen molar-refractivity contribution >= 4 is 5.78 Å². The Morgan fingerprint density at radius 2 is 1.82 bits per heavy atom. The normalized spacial score (nSPS) is 19.1. The van der Waals surface area contributed by atoms with E-state index in [4.69, 9.17) is 0 Å². The van der Waals surface area contributed by atoms with E-state index in [1.807, 2.05) is 40.7 Å². The highest BCUT2D eigenvalue weighted by Crippen LogP contribution is 2.38. The third-order valence-electron chi connectivity index (χ3n) is 3.09. The fourth-order valence-electron chi connectivity index (χ4n) is 2.01. The molecule has 0 N–H and O–H groups in total. The van der Waals surface area contributed by atoms with Crippen molar-refractivity contribution in [2.75, 3.05) is 0 Å². The van der Waals surface area contributed by atoms with Gasteiger partial charge in [0.05, 0.1) is 0 Å². The van der Waals surface area contributed by atoms with Crippen molar-refractivity contribution < 1.29 is 4.79 Å². The fourth-order valence-corrected chi connectivity index (χ4v) is 2.01. The third-order valence-corrected chi connectivity index (χ3v) is 3.09. The van der Waals surface area contributed by atoms with Crippen molar-refractivity contribution in [3.05, 3.63) is 35.5 Å². The second-order valence-electron chi connectivity index (χ2n) is 4.92. The molecule has 0 spiro atoms. The molecule has 0 saturated carbocycles. The molecule has 1 heteroatoms. The summed E-state index contributed by atoms with van der Waals surface area (Å²) in [6.07, 6.45) is 5.62. The van der Waals surface area contributed by atoms with E-state index in [1.54, 1.807) is 0 Å². The van der Waals surface area contributed by atoms with Crippen LogP contribution in [0.1, 0.15) is 54.4 Å². The molecule has 1 rings (SSSR count). The molecule has 96 valence electrons. The molecule has 0 heterocycles. The summed E-state index contributed by atoms with van der Waals surface area (Å²) in [6.45, 7) is 15.9. The average molecular weight is 234 g/mol. The van der Waals surface area contributed by atoms with Crippen LogP contribution in [0.2, 0.25) is 0 Å². The zero-order valence-electron chi connectivity index (χ0n) is 12.2. The summed E-state index contributed by atoms with van der Waals surface area (Å²) in [4.78, 5) is 11.8. The van der Waals surface area contributed by atoms with Crippen LogP contribution in [-0.4, -0.2) is 5.78 Å². The lowest BCUT2D eigenvalue weighted by atomic mass is 9.71. The Bertz CT molecular complexity index is 354. The maximum absolute atomic E-state index is 11.8. The fraction of sp³-hybridized carbons (Fsp3) is 0.562. The molecule has 0 fully saturated rings. The molecule has 0 saturated heterocycles. The molecular weight excluding hydrogens is 208 g/mol.